The third-order valence-electron chi connectivity index (χ3n) is 5.23. The Morgan fingerprint density at radius 2 is 2.19 bits per heavy atom. The van der Waals surface area contributed by atoms with E-state index in [-0.39, 0.29) is 0 Å². The lowest BCUT2D eigenvalue weighted by atomic mass is 10.1. The van der Waals surface area contributed by atoms with Crippen LogP contribution in [0.2, 0.25) is 0 Å². The number of nitrogens with two attached hydrogens (primary N) is 1. The normalized spacial score (nSPS) is 16.1. The quantitative estimate of drug-likeness (QED) is 0.690. The molecule has 5 nitrogen and oxygen atoms in total. The van der Waals surface area contributed by atoms with Gasteiger partial charge in [0.2, 0.25) is 0 Å². The van der Waals surface area contributed by atoms with Gasteiger partial charge in [-0.3, -0.25) is 4.90 Å². The number of hydrogen-bond donors (Lipinski definition) is 2. The van der Waals surface area contributed by atoms with E-state index in [1.165, 1.54) is 15.2 Å². The molecule has 0 atom stereocenters. The molecule has 0 saturated heterocycles. The first-order valence-corrected chi connectivity index (χ1v) is 10.4. The van der Waals surface area contributed by atoms with Gasteiger partial charge in [-0.25, -0.2) is 9.97 Å². The first-order valence-electron chi connectivity index (χ1n) is 9.58. The van der Waals surface area contributed by atoms with Gasteiger partial charge in [0, 0.05) is 30.4 Å². The Kier molecular flexibility index (Phi) is 4.71. The van der Waals surface area contributed by atoms with Crippen LogP contribution < -0.4 is 5.73 Å². The molecule has 1 aliphatic heterocycles. The maximum atomic E-state index is 6.19. The summed E-state index contributed by atoms with van der Waals surface area (Å²) < 4.78 is 1.17. The van der Waals surface area contributed by atoms with E-state index in [1.54, 1.807) is 0 Å². The van der Waals surface area contributed by atoms with Crippen molar-refractivity contribution in [2.24, 2.45) is 0 Å². The number of anilines is 1. The van der Waals surface area contributed by atoms with Crippen molar-refractivity contribution in [1.29, 1.82) is 0 Å². The van der Waals surface area contributed by atoms with Crippen LogP contribution in [0.4, 0.5) is 5.82 Å². The van der Waals surface area contributed by atoms with Gasteiger partial charge >= 0.3 is 0 Å². The molecule has 26 heavy (non-hydrogen) atoms. The fourth-order valence-electron chi connectivity index (χ4n) is 3.60. The van der Waals surface area contributed by atoms with Crippen LogP contribution >= 0.6 is 11.3 Å². The summed E-state index contributed by atoms with van der Waals surface area (Å²) in [6, 6.07) is 2.79. The molecular weight excluding hydrogens is 342 g/mol. The number of unbranched alkanes of at least 4 members (excludes halogenated alkanes) is 1. The predicted octanol–water partition coefficient (Wildman–Crippen LogP) is 4.59. The zero-order valence-electron chi connectivity index (χ0n) is 15.8. The van der Waals surface area contributed by atoms with Crippen molar-refractivity contribution < 1.29 is 0 Å². The van der Waals surface area contributed by atoms with Gasteiger partial charge in [-0.05, 0) is 38.3 Å². The molecule has 0 bridgehead atoms. The summed E-state index contributed by atoms with van der Waals surface area (Å²) in [6.07, 6.45) is 6.71. The van der Waals surface area contributed by atoms with Gasteiger partial charge in [0.1, 0.15) is 11.3 Å². The average Bonchev–Trinajstić information content (AvgIpc) is 3.24. The highest BCUT2D eigenvalue weighted by molar-refractivity contribution is 7.20. The minimum Gasteiger partial charge on any atom is -0.382 e. The summed E-state index contributed by atoms with van der Waals surface area (Å²) in [7, 11) is 0. The van der Waals surface area contributed by atoms with E-state index in [0.29, 0.717) is 11.9 Å². The Hall–Kier alpha value is -1.92. The van der Waals surface area contributed by atoms with E-state index in [1.807, 2.05) is 11.3 Å². The zero-order valence-corrected chi connectivity index (χ0v) is 16.6. The lowest BCUT2D eigenvalue weighted by Crippen LogP contribution is -2.34. The lowest BCUT2D eigenvalue weighted by molar-refractivity contribution is 0.245. The molecule has 0 unspecified atom stereocenters. The number of nitrogens with zero attached hydrogens (tertiary/aromatic N) is 3. The molecule has 0 fully saturated rings. The molecule has 1 aliphatic rings. The molecular formula is C20H27N5S. The molecule has 0 aromatic carbocycles. The number of H-pyrrole nitrogens is 1. The summed E-state index contributed by atoms with van der Waals surface area (Å²) >= 11 is 1.81. The second-order valence-electron chi connectivity index (χ2n) is 7.40. The molecule has 0 saturated carbocycles. The SMILES string of the molecule is CCCCc1nc2c(N)nc3cc(C4=CCN(C(C)C)CC4)sc3c2[nH]1. The second kappa shape index (κ2) is 7.00. The van der Waals surface area contributed by atoms with Crippen LogP contribution in [0.3, 0.4) is 0 Å². The van der Waals surface area contributed by atoms with Crippen molar-refractivity contribution >= 4 is 44.0 Å². The fourth-order valence-corrected chi connectivity index (χ4v) is 4.76. The Morgan fingerprint density at radius 1 is 1.35 bits per heavy atom. The van der Waals surface area contributed by atoms with Crippen LogP contribution in [-0.2, 0) is 6.42 Å². The number of nitrogen functional groups attached to an aromatic ring is 1. The van der Waals surface area contributed by atoms with Crippen LogP contribution in [-0.4, -0.2) is 39.0 Å². The smallest absolute Gasteiger partial charge is 0.152 e. The first kappa shape index (κ1) is 17.5. The summed E-state index contributed by atoms with van der Waals surface area (Å²) in [6.45, 7) is 8.86. The summed E-state index contributed by atoms with van der Waals surface area (Å²) in [5.74, 6) is 1.54. The highest BCUT2D eigenvalue weighted by Gasteiger charge is 2.19. The molecule has 3 aromatic rings. The number of imidazole rings is 1. The van der Waals surface area contributed by atoms with E-state index >= 15 is 0 Å². The molecule has 4 heterocycles. The molecule has 0 aliphatic carbocycles. The second-order valence-corrected chi connectivity index (χ2v) is 8.45. The molecule has 6 heteroatoms. The standard InChI is InChI=1S/C20H27N5S/c1-4-5-6-16-23-17-18(24-16)20(21)22-14-11-15(26-19(14)17)13-7-9-25(10-8-13)12(2)3/h7,11-12H,4-6,8-10H2,1-3H3,(H2,21,22)(H,23,24). The molecule has 3 N–H and O–H groups in total. The predicted molar refractivity (Wildman–Crippen MR) is 112 cm³/mol. The van der Waals surface area contributed by atoms with E-state index in [0.717, 1.165) is 61.1 Å². The van der Waals surface area contributed by atoms with Gasteiger partial charge in [-0.2, -0.15) is 0 Å². The third kappa shape index (κ3) is 3.12. The Balaban J connectivity index is 1.73. The third-order valence-corrected chi connectivity index (χ3v) is 6.45. The highest BCUT2D eigenvalue weighted by atomic mass is 32.1. The van der Waals surface area contributed by atoms with Gasteiger partial charge in [-0.1, -0.05) is 19.4 Å². The van der Waals surface area contributed by atoms with Crippen LogP contribution in [0.1, 0.15) is 50.7 Å². The van der Waals surface area contributed by atoms with Crippen molar-refractivity contribution in [2.45, 2.75) is 52.5 Å². The van der Waals surface area contributed by atoms with Crippen molar-refractivity contribution in [2.75, 3.05) is 18.8 Å². The van der Waals surface area contributed by atoms with Crippen LogP contribution in [0.15, 0.2) is 12.1 Å². The van der Waals surface area contributed by atoms with Gasteiger partial charge < -0.3 is 10.7 Å². The largest absolute Gasteiger partial charge is 0.382 e. The minimum atomic E-state index is 0.527. The van der Waals surface area contributed by atoms with Crippen LogP contribution in [0, 0.1) is 0 Å². The van der Waals surface area contributed by atoms with E-state index in [9.17, 15) is 0 Å². The first-order chi connectivity index (χ1) is 12.6. The van der Waals surface area contributed by atoms with E-state index in [2.05, 4.69) is 47.8 Å². The monoisotopic (exact) mass is 369 g/mol. The van der Waals surface area contributed by atoms with Crippen molar-refractivity contribution in [3.05, 3.63) is 22.8 Å². The van der Waals surface area contributed by atoms with Gasteiger partial charge in [-0.15, -0.1) is 11.3 Å². The number of rotatable bonds is 5. The average molecular weight is 370 g/mol. The van der Waals surface area contributed by atoms with Crippen LogP contribution in [0.25, 0.3) is 26.8 Å². The van der Waals surface area contributed by atoms with E-state index in [4.69, 9.17) is 10.7 Å². The number of hydrogen-bond acceptors (Lipinski definition) is 5. The Bertz CT molecular complexity index is 966. The number of thiophene rings is 1. The molecule has 0 amide bonds. The Labute approximate surface area is 158 Å². The maximum Gasteiger partial charge on any atom is 0.152 e. The number of aryl methyl sites for hydroxylation is 1. The zero-order chi connectivity index (χ0) is 18.3. The lowest BCUT2D eigenvalue weighted by Gasteiger charge is -2.29. The van der Waals surface area contributed by atoms with Crippen molar-refractivity contribution in [1.82, 2.24) is 19.9 Å². The van der Waals surface area contributed by atoms with Gasteiger partial charge in [0.05, 0.1) is 15.7 Å². The summed E-state index contributed by atoms with van der Waals surface area (Å²) in [4.78, 5) is 16.6. The highest BCUT2D eigenvalue weighted by Crippen LogP contribution is 2.37. The molecule has 138 valence electrons. The molecule has 4 rings (SSSR count). The van der Waals surface area contributed by atoms with Gasteiger partial charge in [0.15, 0.2) is 5.82 Å². The van der Waals surface area contributed by atoms with Crippen LogP contribution in [0.5, 0.6) is 0 Å². The Morgan fingerprint density at radius 3 is 2.88 bits per heavy atom. The van der Waals surface area contributed by atoms with Crippen molar-refractivity contribution in [3.8, 4) is 0 Å². The minimum absolute atomic E-state index is 0.527. The number of nitrogens with one attached hydrogen (secondary N) is 1. The van der Waals surface area contributed by atoms with Crippen molar-refractivity contribution in [3.63, 3.8) is 0 Å². The summed E-state index contributed by atoms with van der Waals surface area (Å²) in [5.41, 5.74) is 10.5. The molecule has 3 aromatic heterocycles. The molecule has 0 radical (unpaired) electrons. The summed E-state index contributed by atoms with van der Waals surface area (Å²) in [5, 5.41) is 0. The van der Waals surface area contributed by atoms with E-state index < -0.39 is 0 Å². The number of aromatic nitrogens is 3. The maximum absolute atomic E-state index is 6.19. The number of aromatic amines is 1. The number of fused-ring (bicyclic) bond motifs is 3. The number of pyridine rings is 1. The molecule has 0 spiro atoms. The fraction of sp³-hybridized carbons (Fsp3) is 0.500. The topological polar surface area (TPSA) is 70.8 Å². The van der Waals surface area contributed by atoms with Gasteiger partial charge in [0.25, 0.3) is 0 Å².